The Labute approximate surface area is 107 Å². The second-order valence-corrected chi connectivity index (χ2v) is 4.21. The van der Waals surface area contributed by atoms with Crippen molar-refractivity contribution in [1.82, 2.24) is 14.8 Å². The molecule has 18 heavy (non-hydrogen) atoms. The summed E-state index contributed by atoms with van der Waals surface area (Å²) in [5, 5.41) is 4.16. The maximum Gasteiger partial charge on any atom is 0.164 e. The average Bonchev–Trinajstić information content (AvgIpc) is 2.76. The van der Waals surface area contributed by atoms with Crippen molar-refractivity contribution >= 4 is 5.69 Å². The molecule has 0 saturated heterocycles. The number of hydrogen-bond donors (Lipinski definition) is 1. The number of hydrogen-bond acceptors (Lipinski definition) is 4. The lowest BCUT2D eigenvalue weighted by Gasteiger charge is -2.10. The molecule has 0 spiro atoms. The maximum atomic E-state index is 5.74. The van der Waals surface area contributed by atoms with Crippen LogP contribution in [0, 0.1) is 6.92 Å². The van der Waals surface area contributed by atoms with Crippen LogP contribution >= 0.6 is 0 Å². The first-order chi connectivity index (χ1) is 8.70. The van der Waals surface area contributed by atoms with Crippen LogP contribution in [0.15, 0.2) is 24.5 Å². The summed E-state index contributed by atoms with van der Waals surface area (Å²) in [6.07, 6.45) is 2.58. The van der Waals surface area contributed by atoms with Gasteiger partial charge >= 0.3 is 0 Å². The number of nitrogens with two attached hydrogens (primary N) is 1. The molecule has 0 fully saturated rings. The minimum Gasteiger partial charge on any atom is -0.485 e. The van der Waals surface area contributed by atoms with Crippen LogP contribution in [-0.4, -0.2) is 14.8 Å². The highest BCUT2D eigenvalue weighted by atomic mass is 16.5. The van der Waals surface area contributed by atoms with Crippen LogP contribution in [0.1, 0.15) is 24.7 Å². The zero-order chi connectivity index (χ0) is 13.0. The van der Waals surface area contributed by atoms with Gasteiger partial charge in [0.1, 0.15) is 18.7 Å². The van der Waals surface area contributed by atoms with E-state index < -0.39 is 0 Å². The Morgan fingerprint density at radius 1 is 1.39 bits per heavy atom. The van der Waals surface area contributed by atoms with Crippen LogP contribution in [0.4, 0.5) is 5.69 Å². The Morgan fingerprint density at radius 2 is 2.22 bits per heavy atom. The van der Waals surface area contributed by atoms with Gasteiger partial charge in [0.15, 0.2) is 5.82 Å². The molecule has 5 heteroatoms. The number of nitrogens with zero attached hydrogens (tertiary/aromatic N) is 3. The number of anilines is 1. The molecule has 2 rings (SSSR count). The minimum absolute atomic E-state index is 0.421. The third-order valence-electron chi connectivity index (χ3n) is 2.69. The largest absolute Gasteiger partial charge is 0.485 e. The van der Waals surface area contributed by atoms with Crippen molar-refractivity contribution in [1.29, 1.82) is 0 Å². The smallest absolute Gasteiger partial charge is 0.164 e. The summed E-state index contributed by atoms with van der Waals surface area (Å²) in [7, 11) is 0. The SMILES string of the molecule is CCCn1ncnc1COc1ccc(N)cc1C. The quantitative estimate of drug-likeness (QED) is 0.821. The van der Waals surface area contributed by atoms with E-state index in [1.54, 1.807) is 6.33 Å². The fraction of sp³-hybridized carbons (Fsp3) is 0.385. The lowest BCUT2D eigenvalue weighted by Crippen LogP contribution is -2.08. The molecule has 0 unspecified atom stereocenters. The Kier molecular flexibility index (Phi) is 3.82. The molecule has 1 heterocycles. The molecule has 5 nitrogen and oxygen atoms in total. The summed E-state index contributed by atoms with van der Waals surface area (Å²) in [5.74, 6) is 1.67. The van der Waals surface area contributed by atoms with Gasteiger partial charge in [-0.1, -0.05) is 6.92 Å². The van der Waals surface area contributed by atoms with E-state index in [1.165, 1.54) is 0 Å². The molecular formula is C13H18N4O. The lowest BCUT2D eigenvalue weighted by molar-refractivity contribution is 0.284. The van der Waals surface area contributed by atoms with Gasteiger partial charge < -0.3 is 10.5 Å². The van der Waals surface area contributed by atoms with Crippen LogP contribution < -0.4 is 10.5 Å². The molecule has 0 aliphatic heterocycles. The van der Waals surface area contributed by atoms with Gasteiger partial charge in [0, 0.05) is 12.2 Å². The highest BCUT2D eigenvalue weighted by molar-refractivity contribution is 5.47. The zero-order valence-corrected chi connectivity index (χ0v) is 10.8. The maximum absolute atomic E-state index is 5.74. The fourth-order valence-corrected chi connectivity index (χ4v) is 1.78. The summed E-state index contributed by atoms with van der Waals surface area (Å²) < 4.78 is 7.61. The van der Waals surface area contributed by atoms with Gasteiger partial charge in [-0.3, -0.25) is 0 Å². The summed E-state index contributed by atoms with van der Waals surface area (Å²) in [4.78, 5) is 4.20. The molecule has 0 aliphatic carbocycles. The number of aromatic nitrogens is 3. The Balaban J connectivity index is 2.04. The monoisotopic (exact) mass is 246 g/mol. The van der Waals surface area contributed by atoms with E-state index in [0.717, 1.165) is 35.8 Å². The molecule has 0 radical (unpaired) electrons. The zero-order valence-electron chi connectivity index (χ0n) is 10.8. The summed E-state index contributed by atoms with van der Waals surface area (Å²) in [6, 6.07) is 5.61. The van der Waals surface area contributed by atoms with Crippen LogP contribution in [0.5, 0.6) is 5.75 Å². The molecule has 1 aromatic heterocycles. The Hall–Kier alpha value is -2.04. The Morgan fingerprint density at radius 3 is 2.94 bits per heavy atom. The third-order valence-corrected chi connectivity index (χ3v) is 2.69. The molecule has 0 atom stereocenters. The van der Waals surface area contributed by atoms with Crippen molar-refractivity contribution < 1.29 is 4.74 Å². The van der Waals surface area contributed by atoms with Gasteiger partial charge in [-0.15, -0.1) is 0 Å². The minimum atomic E-state index is 0.421. The van der Waals surface area contributed by atoms with Crippen molar-refractivity contribution in [3.05, 3.63) is 35.9 Å². The third kappa shape index (κ3) is 2.80. The number of nitrogen functional groups attached to an aromatic ring is 1. The van der Waals surface area contributed by atoms with Crippen molar-refractivity contribution in [2.45, 2.75) is 33.4 Å². The van der Waals surface area contributed by atoms with E-state index in [-0.39, 0.29) is 0 Å². The topological polar surface area (TPSA) is 66.0 Å². The van der Waals surface area contributed by atoms with Crippen molar-refractivity contribution in [3.8, 4) is 5.75 Å². The highest BCUT2D eigenvalue weighted by Crippen LogP contribution is 2.20. The first-order valence-corrected chi connectivity index (χ1v) is 6.06. The standard InChI is InChI=1S/C13H18N4O/c1-3-6-17-13(15-9-16-17)8-18-12-5-4-11(14)7-10(12)2/h4-5,7,9H,3,6,8,14H2,1-2H3. The molecule has 96 valence electrons. The van der Waals surface area contributed by atoms with Gasteiger partial charge in [0.2, 0.25) is 0 Å². The molecule has 0 saturated carbocycles. The molecule has 1 aromatic carbocycles. The van der Waals surface area contributed by atoms with E-state index in [4.69, 9.17) is 10.5 Å². The van der Waals surface area contributed by atoms with Crippen molar-refractivity contribution in [2.75, 3.05) is 5.73 Å². The van der Waals surface area contributed by atoms with Gasteiger partial charge in [-0.25, -0.2) is 9.67 Å². The summed E-state index contributed by atoms with van der Waals surface area (Å²) in [6.45, 7) is 5.36. The van der Waals surface area contributed by atoms with Gasteiger partial charge in [0.25, 0.3) is 0 Å². The van der Waals surface area contributed by atoms with Crippen LogP contribution in [0.25, 0.3) is 0 Å². The second-order valence-electron chi connectivity index (χ2n) is 4.21. The molecule has 0 amide bonds. The summed E-state index contributed by atoms with van der Waals surface area (Å²) in [5.41, 5.74) is 7.47. The van der Waals surface area contributed by atoms with E-state index >= 15 is 0 Å². The van der Waals surface area contributed by atoms with Gasteiger partial charge in [-0.05, 0) is 37.1 Å². The molecule has 2 N–H and O–H groups in total. The van der Waals surface area contributed by atoms with E-state index in [2.05, 4.69) is 17.0 Å². The molecule has 0 bridgehead atoms. The first-order valence-electron chi connectivity index (χ1n) is 6.06. The van der Waals surface area contributed by atoms with Crippen molar-refractivity contribution in [2.24, 2.45) is 0 Å². The predicted octanol–water partition coefficient (Wildman–Crippen LogP) is 2.16. The number of benzene rings is 1. The van der Waals surface area contributed by atoms with E-state index in [1.807, 2.05) is 29.8 Å². The normalized spacial score (nSPS) is 10.6. The van der Waals surface area contributed by atoms with Gasteiger partial charge in [0.05, 0.1) is 0 Å². The second kappa shape index (κ2) is 5.53. The number of rotatable bonds is 5. The summed E-state index contributed by atoms with van der Waals surface area (Å²) >= 11 is 0. The number of ether oxygens (including phenoxy) is 1. The van der Waals surface area contributed by atoms with E-state index in [9.17, 15) is 0 Å². The molecule has 2 aromatic rings. The fourth-order valence-electron chi connectivity index (χ4n) is 1.78. The molecule has 0 aliphatic rings. The lowest BCUT2D eigenvalue weighted by atomic mass is 10.2. The predicted molar refractivity (Wildman–Crippen MR) is 70.2 cm³/mol. The van der Waals surface area contributed by atoms with Crippen LogP contribution in [-0.2, 0) is 13.2 Å². The number of aryl methyl sites for hydroxylation is 2. The van der Waals surface area contributed by atoms with Crippen LogP contribution in [0.3, 0.4) is 0 Å². The van der Waals surface area contributed by atoms with Gasteiger partial charge in [-0.2, -0.15) is 5.10 Å². The highest BCUT2D eigenvalue weighted by Gasteiger charge is 2.06. The first kappa shape index (κ1) is 12.4. The van der Waals surface area contributed by atoms with E-state index in [0.29, 0.717) is 6.61 Å². The average molecular weight is 246 g/mol. The molecular weight excluding hydrogens is 228 g/mol. The van der Waals surface area contributed by atoms with Crippen molar-refractivity contribution in [3.63, 3.8) is 0 Å². The van der Waals surface area contributed by atoms with Crippen LogP contribution in [0.2, 0.25) is 0 Å². The Bertz CT molecular complexity index is 521.